The van der Waals surface area contributed by atoms with E-state index in [-0.39, 0.29) is 44.2 Å². The zero-order valence-electron chi connectivity index (χ0n) is 2.66. The Morgan fingerprint density at radius 2 is 2.14 bits per heavy atom. The molecule has 0 aliphatic rings. The molecule has 0 aliphatic carbocycles. The first kappa shape index (κ1) is 10.2. The molecule has 0 unspecified atom stereocenters. The molecule has 0 amide bonds. The molecule has 0 bridgehead atoms. The van der Waals surface area contributed by atoms with Crippen molar-refractivity contribution >= 4 is 44.2 Å². The van der Waals surface area contributed by atoms with Crippen molar-refractivity contribution < 1.29 is 14.7 Å². The number of hydrogen-bond acceptors (Lipinski definition) is 4. The van der Waals surface area contributed by atoms with Gasteiger partial charge in [-0.25, -0.2) is 4.84 Å². The summed E-state index contributed by atoms with van der Waals surface area (Å²) in [5.74, 6) is 0. The van der Waals surface area contributed by atoms with E-state index < -0.39 is 5.09 Å². The minimum absolute atomic E-state index is 0. The fourth-order valence-electron chi connectivity index (χ4n) is 0.0351. The van der Waals surface area contributed by atoms with Gasteiger partial charge in [-0.1, -0.05) is 0 Å². The molecule has 0 atom stereocenters. The van der Waals surface area contributed by atoms with Crippen molar-refractivity contribution in [3.8, 4) is 0 Å². The molecule has 0 rings (SSSR count). The summed E-state index contributed by atoms with van der Waals surface area (Å²) in [7, 11) is 0. The van der Waals surface area contributed by atoms with E-state index in [0.717, 1.165) is 0 Å². The van der Waals surface area contributed by atoms with Gasteiger partial charge in [0.25, 0.3) is 6.47 Å². The molecular weight excluding hydrogens is 130 g/mol. The average molecular weight is 133 g/mol. The molecule has 0 aromatic rings. The summed E-state index contributed by atoms with van der Waals surface area (Å²) in [6, 6.07) is 0. The zero-order chi connectivity index (χ0) is 4.99. The molecule has 0 aromatic carbocycles. The van der Waals surface area contributed by atoms with Crippen molar-refractivity contribution in [1.82, 2.24) is 0 Å². The van der Waals surface area contributed by atoms with Crippen LogP contribution < -0.4 is 0 Å². The van der Waals surface area contributed by atoms with Crippen LogP contribution in [-0.2, 0) is 9.63 Å². The first-order valence-electron chi connectivity index (χ1n) is 1.02. The normalized spacial score (nSPS) is 5.71. The molecule has 0 spiro atoms. The number of hydrogen-bond donors (Lipinski definition) is 0. The van der Waals surface area contributed by atoms with Gasteiger partial charge in [0.05, 0.1) is 0 Å². The van der Waals surface area contributed by atoms with Crippen LogP contribution in [0.2, 0.25) is 0 Å². The first-order chi connectivity index (χ1) is 2.77. The molecule has 0 fully saturated rings. The maximum absolute atomic E-state index is 8.95. The second-order valence-corrected chi connectivity index (χ2v) is 0.425. The standard InChI is InChI=1S/CHNO4.Ca.2H/c3-1-6-2(4)5;;;/h1H;;;. The van der Waals surface area contributed by atoms with Crippen molar-refractivity contribution in [2.24, 2.45) is 0 Å². The summed E-state index contributed by atoms with van der Waals surface area (Å²) in [6.45, 7) is -0.250. The Morgan fingerprint density at radius 3 is 2.14 bits per heavy atom. The summed E-state index contributed by atoms with van der Waals surface area (Å²) < 4.78 is 0. The van der Waals surface area contributed by atoms with Crippen LogP contribution in [-0.4, -0.2) is 49.3 Å². The average Bonchev–Trinajstić information content (AvgIpc) is 1.35. The zero-order valence-corrected chi connectivity index (χ0v) is 2.66. The molecule has 38 valence electrons. The Kier molecular flexibility index (Phi) is 8.91. The summed E-state index contributed by atoms with van der Waals surface area (Å²) in [6.07, 6.45) is 0. The summed E-state index contributed by atoms with van der Waals surface area (Å²) in [4.78, 5) is 21.0. The van der Waals surface area contributed by atoms with Gasteiger partial charge in [0.15, 0.2) is 0 Å². The molecule has 0 N–H and O–H groups in total. The van der Waals surface area contributed by atoms with Gasteiger partial charge in [0, 0.05) is 0 Å². The Morgan fingerprint density at radius 1 is 1.71 bits per heavy atom. The third kappa shape index (κ3) is 10.7. The Labute approximate surface area is 68.7 Å². The predicted octanol–water partition coefficient (Wildman–Crippen LogP) is -1.57. The maximum atomic E-state index is 8.95. The Hall–Kier alpha value is 0.130. The molecule has 0 saturated heterocycles. The molecule has 5 nitrogen and oxygen atoms in total. The van der Waals surface area contributed by atoms with Crippen molar-refractivity contribution in [1.29, 1.82) is 0 Å². The van der Waals surface area contributed by atoms with E-state index in [1.165, 1.54) is 0 Å². The molecular formula is CH3CaNO4. The molecule has 0 radical (unpaired) electrons. The monoisotopic (exact) mass is 133 g/mol. The van der Waals surface area contributed by atoms with E-state index in [1.54, 1.807) is 0 Å². The number of rotatable bonds is 2. The first-order valence-corrected chi connectivity index (χ1v) is 1.02. The number of nitrogens with zero attached hydrogens (tertiary/aromatic N) is 1. The van der Waals surface area contributed by atoms with E-state index in [2.05, 4.69) is 4.84 Å². The van der Waals surface area contributed by atoms with Crippen molar-refractivity contribution in [2.45, 2.75) is 0 Å². The van der Waals surface area contributed by atoms with E-state index in [4.69, 9.17) is 14.9 Å². The van der Waals surface area contributed by atoms with Crippen LogP contribution in [0.5, 0.6) is 0 Å². The van der Waals surface area contributed by atoms with Crippen molar-refractivity contribution in [2.75, 3.05) is 0 Å². The third-order valence-corrected chi connectivity index (χ3v) is 0.129. The molecule has 0 heterocycles. The fraction of sp³-hybridized carbons (Fsp3) is 0. The second kappa shape index (κ2) is 6.13. The second-order valence-electron chi connectivity index (χ2n) is 0.425. The summed E-state index contributed by atoms with van der Waals surface area (Å²) in [5, 5.41) is 7.76. The van der Waals surface area contributed by atoms with Crippen LogP contribution in [0, 0.1) is 10.1 Å². The van der Waals surface area contributed by atoms with Gasteiger partial charge >= 0.3 is 42.8 Å². The van der Waals surface area contributed by atoms with Crippen molar-refractivity contribution in [3.05, 3.63) is 10.1 Å². The van der Waals surface area contributed by atoms with E-state index in [9.17, 15) is 0 Å². The van der Waals surface area contributed by atoms with Crippen LogP contribution in [0.3, 0.4) is 0 Å². The van der Waals surface area contributed by atoms with Gasteiger partial charge in [-0.2, -0.15) is 0 Å². The number of carbonyl (C=O) groups excluding carboxylic acids is 1. The van der Waals surface area contributed by atoms with Gasteiger partial charge in [-0.15, -0.1) is 10.1 Å². The van der Waals surface area contributed by atoms with Gasteiger partial charge < -0.3 is 0 Å². The van der Waals surface area contributed by atoms with Crippen LogP contribution in [0.4, 0.5) is 0 Å². The quantitative estimate of drug-likeness (QED) is 0.197. The van der Waals surface area contributed by atoms with Crippen LogP contribution in [0.15, 0.2) is 0 Å². The van der Waals surface area contributed by atoms with Gasteiger partial charge in [-0.05, 0) is 0 Å². The molecule has 6 heteroatoms. The topological polar surface area (TPSA) is 69.4 Å². The molecule has 7 heavy (non-hydrogen) atoms. The summed E-state index contributed by atoms with van der Waals surface area (Å²) >= 11 is 0. The molecule has 0 saturated carbocycles. The van der Waals surface area contributed by atoms with Gasteiger partial charge in [0.1, 0.15) is 0 Å². The summed E-state index contributed by atoms with van der Waals surface area (Å²) in [5.41, 5.74) is 0. The molecule has 0 aliphatic heterocycles. The van der Waals surface area contributed by atoms with E-state index in [0.29, 0.717) is 0 Å². The fourth-order valence-corrected chi connectivity index (χ4v) is 0.0351. The van der Waals surface area contributed by atoms with Crippen LogP contribution in [0.1, 0.15) is 0 Å². The number of carbonyl (C=O) groups is 1. The van der Waals surface area contributed by atoms with Crippen LogP contribution >= 0.6 is 0 Å². The third-order valence-electron chi connectivity index (χ3n) is 0.129. The van der Waals surface area contributed by atoms with E-state index in [1.807, 2.05) is 0 Å². The minimum atomic E-state index is -1.19. The van der Waals surface area contributed by atoms with E-state index >= 15 is 0 Å². The van der Waals surface area contributed by atoms with Gasteiger partial charge in [-0.3, -0.25) is 4.79 Å². The van der Waals surface area contributed by atoms with Gasteiger partial charge in [0.2, 0.25) is 0 Å². The Balaban J connectivity index is 0. The predicted molar refractivity (Wildman–Crippen MR) is 22.7 cm³/mol. The molecule has 0 aromatic heterocycles. The van der Waals surface area contributed by atoms with Crippen LogP contribution in [0.25, 0.3) is 0 Å². The van der Waals surface area contributed by atoms with Crippen molar-refractivity contribution in [3.63, 3.8) is 0 Å². The SMILES string of the molecule is O=CO[N+](=O)[O-].[CaH2]. The Bertz CT molecular complexity index is 72.1.